The van der Waals surface area contributed by atoms with Crippen molar-refractivity contribution in [3.05, 3.63) is 102 Å². The van der Waals surface area contributed by atoms with Gasteiger partial charge in [-0.3, -0.25) is 9.78 Å². The predicted molar refractivity (Wildman–Crippen MR) is 128 cm³/mol. The van der Waals surface area contributed by atoms with Gasteiger partial charge >= 0.3 is 0 Å². The molecule has 0 spiro atoms. The average Bonchev–Trinajstić information content (AvgIpc) is 3.65. The van der Waals surface area contributed by atoms with Crippen molar-refractivity contribution in [2.75, 3.05) is 5.32 Å². The molecule has 7 heteroatoms. The third-order valence-corrected chi connectivity index (χ3v) is 7.37. The fourth-order valence-corrected chi connectivity index (χ4v) is 5.03. The van der Waals surface area contributed by atoms with E-state index in [9.17, 15) is 13.2 Å². The number of benzene rings is 3. The number of rotatable bonds is 7. The summed E-state index contributed by atoms with van der Waals surface area (Å²) in [5, 5.41) is 5.22. The number of nitrogens with one attached hydrogen (secondary N) is 2. The van der Waals surface area contributed by atoms with Crippen molar-refractivity contribution < 1.29 is 13.2 Å². The summed E-state index contributed by atoms with van der Waals surface area (Å²) in [5.74, 6) is -0.0155. The predicted octanol–water partition coefficient (Wildman–Crippen LogP) is 4.46. The Balaban J connectivity index is 1.20. The zero-order valence-corrected chi connectivity index (χ0v) is 18.6. The zero-order valence-electron chi connectivity index (χ0n) is 17.8. The largest absolute Gasteiger partial charge is 0.326 e. The van der Waals surface area contributed by atoms with Crippen LogP contribution >= 0.6 is 0 Å². The summed E-state index contributed by atoms with van der Waals surface area (Å²) in [6.45, 7) is 0.178. The van der Waals surface area contributed by atoms with E-state index in [-0.39, 0.29) is 29.2 Å². The lowest BCUT2D eigenvalue weighted by Gasteiger charge is -2.08. The van der Waals surface area contributed by atoms with E-state index in [2.05, 4.69) is 15.0 Å². The highest BCUT2D eigenvalue weighted by atomic mass is 32.2. The molecule has 1 aliphatic carbocycles. The third kappa shape index (κ3) is 4.79. The number of sulfonamides is 1. The van der Waals surface area contributed by atoms with Crippen LogP contribution in [-0.4, -0.2) is 19.3 Å². The number of hydrogen-bond acceptors (Lipinski definition) is 4. The van der Waals surface area contributed by atoms with Crippen LogP contribution < -0.4 is 10.0 Å². The number of aromatic nitrogens is 1. The first-order valence-corrected chi connectivity index (χ1v) is 12.3. The Kier molecular flexibility index (Phi) is 5.66. The maximum absolute atomic E-state index is 12.7. The second kappa shape index (κ2) is 8.77. The lowest BCUT2D eigenvalue weighted by atomic mass is 10.1. The van der Waals surface area contributed by atoms with Gasteiger partial charge in [0, 0.05) is 30.5 Å². The molecule has 1 saturated carbocycles. The average molecular weight is 458 g/mol. The molecule has 5 rings (SSSR count). The van der Waals surface area contributed by atoms with Crippen molar-refractivity contribution in [3.63, 3.8) is 0 Å². The smallest absolute Gasteiger partial charge is 0.240 e. The van der Waals surface area contributed by atoms with Crippen molar-refractivity contribution in [1.82, 2.24) is 9.71 Å². The number of anilines is 1. The minimum absolute atomic E-state index is 0.00915. The monoisotopic (exact) mass is 457 g/mol. The highest BCUT2D eigenvalue weighted by molar-refractivity contribution is 7.89. The molecule has 0 aliphatic heterocycles. The fourth-order valence-electron chi connectivity index (χ4n) is 4.01. The van der Waals surface area contributed by atoms with Crippen LogP contribution in [0.3, 0.4) is 0 Å². The lowest BCUT2D eigenvalue weighted by Crippen LogP contribution is -2.23. The van der Waals surface area contributed by atoms with Gasteiger partial charge in [-0.25, -0.2) is 13.1 Å². The molecular formula is C26H23N3O3S. The molecule has 2 N–H and O–H groups in total. The topological polar surface area (TPSA) is 88.2 Å². The first-order chi connectivity index (χ1) is 16.0. The number of carbonyl (C=O) groups is 1. The number of amides is 1. The second-order valence-electron chi connectivity index (χ2n) is 8.25. The van der Waals surface area contributed by atoms with E-state index in [1.807, 2.05) is 48.5 Å². The van der Waals surface area contributed by atoms with Crippen molar-refractivity contribution in [1.29, 1.82) is 0 Å². The molecule has 0 radical (unpaired) electrons. The summed E-state index contributed by atoms with van der Waals surface area (Å²) in [6, 6.07) is 24.3. The third-order valence-electron chi connectivity index (χ3n) is 5.95. The zero-order chi connectivity index (χ0) is 22.8. The van der Waals surface area contributed by atoms with Crippen LogP contribution in [0, 0.1) is 5.92 Å². The summed E-state index contributed by atoms with van der Waals surface area (Å²) in [4.78, 5) is 16.9. The minimum atomic E-state index is -3.63. The molecular weight excluding hydrogens is 434 g/mol. The van der Waals surface area contributed by atoms with Crippen molar-refractivity contribution in [3.8, 4) is 0 Å². The number of nitrogens with zero attached hydrogens (tertiary/aromatic N) is 1. The summed E-state index contributed by atoms with van der Waals surface area (Å²) in [5.41, 5.74) is 2.54. The summed E-state index contributed by atoms with van der Waals surface area (Å²) >= 11 is 0. The Morgan fingerprint density at radius 3 is 2.48 bits per heavy atom. The Morgan fingerprint density at radius 2 is 1.73 bits per heavy atom. The van der Waals surface area contributed by atoms with Crippen LogP contribution in [0.25, 0.3) is 10.8 Å². The van der Waals surface area contributed by atoms with Crippen LogP contribution in [0.15, 0.2) is 96.2 Å². The summed E-state index contributed by atoms with van der Waals surface area (Å²) in [7, 11) is -3.63. The molecule has 1 fully saturated rings. The molecule has 6 nitrogen and oxygen atoms in total. The number of pyridine rings is 1. The van der Waals surface area contributed by atoms with Gasteiger partial charge in [-0.15, -0.1) is 0 Å². The molecule has 4 aromatic rings. The van der Waals surface area contributed by atoms with Gasteiger partial charge in [-0.05, 0) is 64.6 Å². The van der Waals surface area contributed by atoms with Crippen LogP contribution in [0.5, 0.6) is 0 Å². The summed E-state index contributed by atoms with van der Waals surface area (Å²) in [6.07, 6.45) is 4.02. The van der Waals surface area contributed by atoms with E-state index in [0.29, 0.717) is 0 Å². The van der Waals surface area contributed by atoms with Gasteiger partial charge in [0.25, 0.3) is 0 Å². The molecule has 33 heavy (non-hydrogen) atoms. The Labute approximate surface area is 192 Å². The Bertz CT molecular complexity index is 1400. The number of fused-ring (bicyclic) bond motifs is 1. The molecule has 0 saturated heterocycles. The maximum atomic E-state index is 12.7. The van der Waals surface area contributed by atoms with Crippen molar-refractivity contribution in [2.24, 2.45) is 5.92 Å². The molecule has 2 atom stereocenters. The Morgan fingerprint density at radius 1 is 0.939 bits per heavy atom. The molecule has 1 unspecified atom stereocenters. The summed E-state index contributed by atoms with van der Waals surface area (Å²) < 4.78 is 27.7. The van der Waals surface area contributed by atoms with E-state index in [1.165, 1.54) is 0 Å². The lowest BCUT2D eigenvalue weighted by molar-refractivity contribution is -0.117. The number of hydrogen-bond donors (Lipinski definition) is 2. The van der Waals surface area contributed by atoms with Gasteiger partial charge in [0.05, 0.1) is 4.90 Å². The van der Waals surface area contributed by atoms with E-state index < -0.39 is 10.0 Å². The van der Waals surface area contributed by atoms with Gasteiger partial charge in [0.2, 0.25) is 15.9 Å². The van der Waals surface area contributed by atoms with Crippen LogP contribution in [0.2, 0.25) is 0 Å². The SMILES string of the molecule is O=C(Nc1ccc2ccccc2c1)[C@@H]1CC1c1ccc(S(=O)(=O)NCc2cccnc2)cc1. The van der Waals surface area contributed by atoms with E-state index in [0.717, 1.165) is 34.0 Å². The molecule has 166 valence electrons. The minimum Gasteiger partial charge on any atom is -0.326 e. The van der Waals surface area contributed by atoms with Crippen LogP contribution in [-0.2, 0) is 21.4 Å². The molecule has 0 bridgehead atoms. The van der Waals surface area contributed by atoms with Crippen LogP contribution in [0.4, 0.5) is 5.69 Å². The van der Waals surface area contributed by atoms with Gasteiger partial charge < -0.3 is 5.32 Å². The van der Waals surface area contributed by atoms with E-state index in [1.54, 1.807) is 42.7 Å². The quantitative estimate of drug-likeness (QED) is 0.429. The van der Waals surface area contributed by atoms with Crippen molar-refractivity contribution >= 4 is 32.4 Å². The van der Waals surface area contributed by atoms with Crippen LogP contribution in [0.1, 0.15) is 23.5 Å². The van der Waals surface area contributed by atoms with Crippen molar-refractivity contribution in [2.45, 2.75) is 23.8 Å². The highest BCUT2D eigenvalue weighted by Crippen LogP contribution is 2.48. The van der Waals surface area contributed by atoms with Gasteiger partial charge in [-0.2, -0.15) is 0 Å². The standard InChI is InChI=1S/C26H23N3O3S/c30-26(29-22-10-7-19-5-1-2-6-21(19)14-22)25-15-24(25)20-8-11-23(12-9-20)33(31,32)28-17-18-4-3-13-27-16-18/h1-14,16,24-25,28H,15,17H2,(H,29,30)/t24?,25-/m1/s1. The molecule has 1 aromatic heterocycles. The Hall–Kier alpha value is -3.55. The van der Waals surface area contributed by atoms with Gasteiger partial charge in [-0.1, -0.05) is 48.5 Å². The van der Waals surface area contributed by atoms with Gasteiger partial charge in [0.15, 0.2) is 0 Å². The second-order valence-corrected chi connectivity index (χ2v) is 10.0. The molecule has 1 aliphatic rings. The highest BCUT2D eigenvalue weighted by Gasteiger charge is 2.44. The number of carbonyl (C=O) groups excluding carboxylic acids is 1. The van der Waals surface area contributed by atoms with E-state index in [4.69, 9.17) is 0 Å². The van der Waals surface area contributed by atoms with Gasteiger partial charge in [0.1, 0.15) is 0 Å². The fraction of sp³-hybridized carbons (Fsp3) is 0.154. The molecule has 1 heterocycles. The van der Waals surface area contributed by atoms with E-state index >= 15 is 0 Å². The molecule has 1 amide bonds. The first kappa shape index (κ1) is 21.3. The normalized spacial score (nSPS) is 17.6. The molecule has 3 aromatic carbocycles. The maximum Gasteiger partial charge on any atom is 0.240 e. The first-order valence-electron chi connectivity index (χ1n) is 10.8.